The van der Waals surface area contributed by atoms with Crippen LogP contribution in [0.1, 0.15) is 30.9 Å². The highest BCUT2D eigenvalue weighted by atomic mass is 19.1. The van der Waals surface area contributed by atoms with Crippen LogP contribution in [0.15, 0.2) is 42.5 Å². The van der Waals surface area contributed by atoms with E-state index in [1.807, 2.05) is 26.0 Å². The number of carbonyl (C=O) groups is 2. The van der Waals surface area contributed by atoms with Crippen LogP contribution in [0.25, 0.3) is 0 Å². The van der Waals surface area contributed by atoms with Gasteiger partial charge in [-0.3, -0.25) is 9.59 Å². The molecule has 1 fully saturated rings. The van der Waals surface area contributed by atoms with E-state index in [0.29, 0.717) is 24.6 Å². The molecule has 0 aromatic heterocycles. The van der Waals surface area contributed by atoms with Crippen LogP contribution in [0.2, 0.25) is 0 Å². The molecule has 1 aliphatic rings. The van der Waals surface area contributed by atoms with Gasteiger partial charge >= 0.3 is 0 Å². The molecule has 7 heteroatoms. The van der Waals surface area contributed by atoms with Gasteiger partial charge < -0.3 is 19.7 Å². The SMILES string of the molecule is COc1cccc([C@H]2CN(C(=O)C(C)C)C[C@@H]2C(=O)NCc2ccc(F)cc2)c1OC. The van der Waals surface area contributed by atoms with Gasteiger partial charge in [-0.25, -0.2) is 4.39 Å². The second kappa shape index (κ2) is 9.81. The minimum Gasteiger partial charge on any atom is -0.493 e. The second-order valence-corrected chi connectivity index (χ2v) is 8.04. The van der Waals surface area contributed by atoms with Crippen molar-refractivity contribution >= 4 is 11.8 Å². The molecular formula is C24H29FN2O4. The van der Waals surface area contributed by atoms with E-state index in [-0.39, 0.29) is 36.0 Å². The van der Waals surface area contributed by atoms with E-state index >= 15 is 0 Å². The van der Waals surface area contributed by atoms with Crippen LogP contribution in [0.4, 0.5) is 4.39 Å². The van der Waals surface area contributed by atoms with E-state index in [4.69, 9.17) is 9.47 Å². The predicted octanol–water partition coefficient (Wildman–Crippen LogP) is 3.36. The number of rotatable bonds is 7. The fourth-order valence-electron chi connectivity index (χ4n) is 4.06. The van der Waals surface area contributed by atoms with Crippen molar-refractivity contribution in [1.29, 1.82) is 0 Å². The summed E-state index contributed by atoms with van der Waals surface area (Å²) in [6.07, 6.45) is 0. The first kappa shape index (κ1) is 22.6. The van der Waals surface area contributed by atoms with Crippen molar-refractivity contribution in [3.8, 4) is 11.5 Å². The van der Waals surface area contributed by atoms with Crippen LogP contribution < -0.4 is 14.8 Å². The lowest BCUT2D eigenvalue weighted by molar-refractivity contribution is -0.133. The van der Waals surface area contributed by atoms with E-state index in [9.17, 15) is 14.0 Å². The van der Waals surface area contributed by atoms with E-state index in [1.165, 1.54) is 12.1 Å². The normalized spacial score (nSPS) is 18.2. The summed E-state index contributed by atoms with van der Waals surface area (Å²) >= 11 is 0. The molecule has 3 rings (SSSR count). The van der Waals surface area contributed by atoms with E-state index in [2.05, 4.69) is 5.32 Å². The van der Waals surface area contributed by atoms with Crippen molar-refractivity contribution in [2.45, 2.75) is 26.3 Å². The molecule has 2 aromatic carbocycles. The van der Waals surface area contributed by atoms with Crippen LogP contribution in [0.5, 0.6) is 11.5 Å². The van der Waals surface area contributed by atoms with Gasteiger partial charge in [-0.05, 0) is 23.8 Å². The minimum atomic E-state index is -0.441. The maximum atomic E-state index is 13.2. The van der Waals surface area contributed by atoms with Gasteiger partial charge in [-0.2, -0.15) is 0 Å². The topological polar surface area (TPSA) is 67.9 Å². The van der Waals surface area contributed by atoms with Crippen molar-refractivity contribution < 1.29 is 23.5 Å². The fraction of sp³-hybridized carbons (Fsp3) is 0.417. The number of carbonyl (C=O) groups excluding carboxylic acids is 2. The number of hydrogen-bond acceptors (Lipinski definition) is 4. The van der Waals surface area contributed by atoms with E-state index in [0.717, 1.165) is 11.1 Å². The molecule has 2 amide bonds. The quantitative estimate of drug-likeness (QED) is 0.734. The molecule has 0 unspecified atom stereocenters. The molecule has 166 valence electrons. The largest absolute Gasteiger partial charge is 0.493 e. The third kappa shape index (κ3) is 4.98. The molecule has 1 heterocycles. The Balaban J connectivity index is 1.86. The highest BCUT2D eigenvalue weighted by Crippen LogP contribution is 2.42. The van der Waals surface area contributed by atoms with Crippen molar-refractivity contribution in [2.24, 2.45) is 11.8 Å². The average molecular weight is 429 g/mol. The van der Waals surface area contributed by atoms with Crippen LogP contribution in [0, 0.1) is 17.7 Å². The molecular weight excluding hydrogens is 399 g/mol. The van der Waals surface area contributed by atoms with Gasteiger partial charge in [0.15, 0.2) is 11.5 Å². The van der Waals surface area contributed by atoms with Crippen molar-refractivity contribution in [1.82, 2.24) is 10.2 Å². The second-order valence-electron chi connectivity index (χ2n) is 8.04. The Labute approximate surface area is 182 Å². The summed E-state index contributed by atoms with van der Waals surface area (Å²) in [6, 6.07) is 11.6. The number of para-hydroxylation sites is 1. The molecule has 0 aliphatic carbocycles. The summed E-state index contributed by atoms with van der Waals surface area (Å²) in [5, 5.41) is 2.94. The summed E-state index contributed by atoms with van der Waals surface area (Å²) in [5.41, 5.74) is 1.64. The van der Waals surface area contributed by atoms with E-state index < -0.39 is 5.92 Å². The molecule has 0 spiro atoms. The summed E-state index contributed by atoms with van der Waals surface area (Å²) in [6.45, 7) is 4.75. The maximum Gasteiger partial charge on any atom is 0.225 e. The molecule has 1 aliphatic heterocycles. The number of likely N-dealkylation sites (tertiary alicyclic amines) is 1. The smallest absolute Gasteiger partial charge is 0.225 e. The number of hydrogen-bond donors (Lipinski definition) is 1. The number of halogens is 1. The lowest BCUT2D eigenvalue weighted by Crippen LogP contribution is -2.36. The highest BCUT2D eigenvalue weighted by Gasteiger charge is 2.42. The summed E-state index contributed by atoms with van der Waals surface area (Å²) in [5.74, 6) is -0.138. The average Bonchev–Trinajstić information content (AvgIpc) is 3.22. The van der Waals surface area contributed by atoms with Crippen LogP contribution in [-0.2, 0) is 16.1 Å². The number of nitrogens with one attached hydrogen (secondary N) is 1. The Kier molecular flexibility index (Phi) is 7.15. The minimum absolute atomic E-state index is 0.0145. The van der Waals surface area contributed by atoms with Crippen molar-refractivity contribution in [3.63, 3.8) is 0 Å². The number of ether oxygens (including phenoxy) is 2. The first-order valence-corrected chi connectivity index (χ1v) is 10.4. The van der Waals surface area contributed by atoms with Crippen LogP contribution >= 0.6 is 0 Å². The lowest BCUT2D eigenvalue weighted by atomic mass is 9.87. The molecule has 0 saturated carbocycles. The predicted molar refractivity (Wildman–Crippen MR) is 115 cm³/mol. The zero-order valence-corrected chi connectivity index (χ0v) is 18.4. The van der Waals surface area contributed by atoms with Gasteiger partial charge in [0, 0.05) is 37.0 Å². The third-order valence-electron chi connectivity index (χ3n) is 5.68. The molecule has 1 N–H and O–H groups in total. The molecule has 2 aromatic rings. The monoisotopic (exact) mass is 428 g/mol. The Morgan fingerprint density at radius 3 is 2.42 bits per heavy atom. The standard InChI is InChI=1S/C24H29FN2O4/c1-15(2)24(29)27-13-19(18-6-5-7-21(30-3)22(18)31-4)20(14-27)23(28)26-12-16-8-10-17(25)11-9-16/h5-11,15,19-20H,12-14H2,1-4H3,(H,26,28)/t19-,20+/m1/s1. The van der Waals surface area contributed by atoms with Gasteiger partial charge in [0.1, 0.15) is 5.82 Å². The molecule has 0 radical (unpaired) electrons. The van der Waals surface area contributed by atoms with Gasteiger partial charge in [0.25, 0.3) is 0 Å². The molecule has 31 heavy (non-hydrogen) atoms. The molecule has 1 saturated heterocycles. The number of benzene rings is 2. The summed E-state index contributed by atoms with van der Waals surface area (Å²) < 4.78 is 24.2. The van der Waals surface area contributed by atoms with Crippen LogP contribution in [0.3, 0.4) is 0 Å². The third-order valence-corrected chi connectivity index (χ3v) is 5.68. The molecule has 0 bridgehead atoms. The Bertz CT molecular complexity index is 930. The zero-order chi connectivity index (χ0) is 22.5. The maximum absolute atomic E-state index is 13.2. The zero-order valence-electron chi connectivity index (χ0n) is 18.4. The number of amides is 2. The first-order chi connectivity index (χ1) is 14.8. The van der Waals surface area contributed by atoms with Crippen molar-refractivity contribution in [3.05, 3.63) is 59.4 Å². The van der Waals surface area contributed by atoms with Gasteiger partial charge in [-0.1, -0.05) is 38.1 Å². The number of nitrogens with zero attached hydrogens (tertiary/aromatic N) is 1. The summed E-state index contributed by atoms with van der Waals surface area (Å²) in [7, 11) is 3.13. The molecule has 6 nitrogen and oxygen atoms in total. The Morgan fingerprint density at radius 1 is 1.10 bits per heavy atom. The van der Waals surface area contributed by atoms with Crippen molar-refractivity contribution in [2.75, 3.05) is 27.3 Å². The highest BCUT2D eigenvalue weighted by molar-refractivity contribution is 5.84. The van der Waals surface area contributed by atoms with Gasteiger partial charge in [-0.15, -0.1) is 0 Å². The van der Waals surface area contributed by atoms with Gasteiger partial charge in [0.05, 0.1) is 20.1 Å². The van der Waals surface area contributed by atoms with Gasteiger partial charge in [0.2, 0.25) is 11.8 Å². The fourth-order valence-corrected chi connectivity index (χ4v) is 4.06. The first-order valence-electron chi connectivity index (χ1n) is 10.4. The number of methoxy groups -OCH3 is 2. The van der Waals surface area contributed by atoms with E-state index in [1.54, 1.807) is 37.3 Å². The Hall–Kier alpha value is -3.09. The Morgan fingerprint density at radius 2 is 1.81 bits per heavy atom. The lowest BCUT2D eigenvalue weighted by Gasteiger charge is -2.21. The molecule has 2 atom stereocenters. The summed E-state index contributed by atoms with van der Waals surface area (Å²) in [4.78, 5) is 27.6. The van der Waals surface area contributed by atoms with Crippen LogP contribution in [-0.4, -0.2) is 44.0 Å².